The van der Waals surface area contributed by atoms with Gasteiger partial charge in [-0.1, -0.05) is 12.1 Å². The molecular formula is C18H19N7O. The topological polar surface area (TPSA) is 97.3 Å². The summed E-state index contributed by atoms with van der Waals surface area (Å²) < 4.78 is 7.30. The van der Waals surface area contributed by atoms with E-state index in [0.717, 1.165) is 54.4 Å². The highest BCUT2D eigenvalue weighted by Crippen LogP contribution is 2.26. The van der Waals surface area contributed by atoms with Crippen molar-refractivity contribution < 1.29 is 4.74 Å². The standard InChI is InChI=1S/C18H19N7O/c1-2-4-15-14(3-1)21-18(22-15)25-16(9-13-10-19-11-20-13)23-17(24-25)12-5-7-26-8-6-12/h1-4,10-12H,5-9H2,(H,19,20)(H,21,22). The van der Waals surface area contributed by atoms with Crippen molar-refractivity contribution in [3.8, 4) is 5.95 Å². The van der Waals surface area contributed by atoms with Gasteiger partial charge in [-0.2, -0.15) is 4.68 Å². The largest absolute Gasteiger partial charge is 0.381 e. The van der Waals surface area contributed by atoms with E-state index in [1.54, 1.807) is 6.33 Å². The molecule has 0 atom stereocenters. The minimum absolute atomic E-state index is 0.329. The summed E-state index contributed by atoms with van der Waals surface area (Å²) in [4.78, 5) is 20.1. The molecule has 0 aliphatic carbocycles. The van der Waals surface area contributed by atoms with Crippen LogP contribution in [-0.2, 0) is 11.2 Å². The third kappa shape index (κ3) is 2.78. The van der Waals surface area contributed by atoms with Crippen LogP contribution in [0.15, 0.2) is 36.8 Å². The monoisotopic (exact) mass is 349 g/mol. The molecule has 8 heteroatoms. The maximum absolute atomic E-state index is 5.47. The van der Waals surface area contributed by atoms with E-state index >= 15 is 0 Å². The lowest BCUT2D eigenvalue weighted by Gasteiger charge is -2.18. The van der Waals surface area contributed by atoms with Gasteiger partial charge in [0, 0.05) is 37.4 Å². The summed E-state index contributed by atoms with van der Waals surface area (Å²) in [6.45, 7) is 1.53. The van der Waals surface area contributed by atoms with Crippen LogP contribution in [0.5, 0.6) is 0 Å². The summed E-state index contributed by atoms with van der Waals surface area (Å²) in [5.74, 6) is 2.72. The molecule has 1 aromatic carbocycles. The van der Waals surface area contributed by atoms with Crippen LogP contribution in [0.2, 0.25) is 0 Å². The molecule has 0 saturated carbocycles. The zero-order valence-corrected chi connectivity index (χ0v) is 14.2. The first-order valence-electron chi connectivity index (χ1n) is 8.83. The first-order chi connectivity index (χ1) is 12.9. The Bertz CT molecular complexity index is 978. The second-order valence-electron chi connectivity index (χ2n) is 6.52. The van der Waals surface area contributed by atoms with Crippen LogP contribution in [0.4, 0.5) is 0 Å². The van der Waals surface area contributed by atoms with Crippen molar-refractivity contribution in [2.75, 3.05) is 13.2 Å². The van der Waals surface area contributed by atoms with E-state index in [-0.39, 0.29) is 0 Å². The van der Waals surface area contributed by atoms with E-state index in [1.807, 2.05) is 35.1 Å². The number of nitrogens with one attached hydrogen (secondary N) is 2. The number of imidazole rings is 2. The van der Waals surface area contributed by atoms with Gasteiger partial charge in [-0.15, -0.1) is 5.10 Å². The Morgan fingerprint density at radius 3 is 2.85 bits per heavy atom. The molecule has 1 saturated heterocycles. The third-order valence-electron chi connectivity index (χ3n) is 4.76. The molecule has 1 aliphatic rings. The van der Waals surface area contributed by atoms with Crippen LogP contribution < -0.4 is 0 Å². The Hall–Kier alpha value is -3.00. The number of hydrogen-bond donors (Lipinski definition) is 2. The highest BCUT2D eigenvalue weighted by atomic mass is 16.5. The summed E-state index contributed by atoms with van der Waals surface area (Å²) >= 11 is 0. The lowest BCUT2D eigenvalue weighted by Crippen LogP contribution is -2.15. The average molecular weight is 349 g/mol. The molecule has 2 N–H and O–H groups in total. The van der Waals surface area contributed by atoms with Gasteiger partial charge in [0.2, 0.25) is 5.95 Å². The molecule has 132 valence electrons. The van der Waals surface area contributed by atoms with Gasteiger partial charge in [0.1, 0.15) is 5.82 Å². The summed E-state index contributed by atoms with van der Waals surface area (Å²) in [5, 5.41) is 4.80. The van der Waals surface area contributed by atoms with E-state index in [1.165, 1.54) is 0 Å². The van der Waals surface area contributed by atoms with Gasteiger partial charge in [0.15, 0.2) is 5.82 Å². The number of hydrogen-bond acceptors (Lipinski definition) is 5. The SMILES string of the molecule is c1ccc2[nH]c(-n3nc(C4CCOCC4)nc3Cc3cnc[nH]3)nc2c1. The van der Waals surface area contributed by atoms with Crippen LogP contribution in [0.1, 0.15) is 36.1 Å². The quantitative estimate of drug-likeness (QED) is 0.589. The smallest absolute Gasteiger partial charge is 0.230 e. The second-order valence-corrected chi connectivity index (χ2v) is 6.52. The van der Waals surface area contributed by atoms with Crippen molar-refractivity contribution >= 4 is 11.0 Å². The third-order valence-corrected chi connectivity index (χ3v) is 4.76. The molecule has 3 aromatic heterocycles. The number of fused-ring (bicyclic) bond motifs is 1. The first-order valence-corrected chi connectivity index (χ1v) is 8.83. The Morgan fingerprint density at radius 1 is 1.15 bits per heavy atom. The number of benzene rings is 1. The fourth-order valence-corrected chi connectivity index (χ4v) is 3.37. The summed E-state index contributed by atoms with van der Waals surface area (Å²) in [6.07, 6.45) is 6.01. The summed E-state index contributed by atoms with van der Waals surface area (Å²) in [5.41, 5.74) is 2.89. The molecular weight excluding hydrogens is 330 g/mol. The summed E-state index contributed by atoms with van der Waals surface area (Å²) in [6, 6.07) is 7.97. The zero-order chi connectivity index (χ0) is 17.3. The molecule has 0 unspecified atom stereocenters. The number of aromatic amines is 2. The number of H-pyrrole nitrogens is 2. The highest BCUT2D eigenvalue weighted by Gasteiger charge is 2.23. The van der Waals surface area contributed by atoms with Gasteiger partial charge in [-0.05, 0) is 25.0 Å². The number of nitrogens with zero attached hydrogens (tertiary/aromatic N) is 5. The van der Waals surface area contributed by atoms with Crippen molar-refractivity contribution in [1.82, 2.24) is 34.7 Å². The molecule has 1 aliphatic heterocycles. The number of para-hydroxylation sites is 2. The lowest BCUT2D eigenvalue weighted by atomic mass is 10.00. The molecule has 0 spiro atoms. The minimum atomic E-state index is 0.329. The Morgan fingerprint density at radius 2 is 2.04 bits per heavy atom. The second kappa shape index (κ2) is 6.38. The molecule has 4 heterocycles. The molecule has 26 heavy (non-hydrogen) atoms. The van der Waals surface area contributed by atoms with Gasteiger partial charge < -0.3 is 14.7 Å². The van der Waals surface area contributed by atoms with E-state index in [4.69, 9.17) is 14.8 Å². The van der Waals surface area contributed by atoms with Crippen LogP contribution in [0.3, 0.4) is 0 Å². The van der Waals surface area contributed by atoms with Crippen LogP contribution in [0.25, 0.3) is 17.0 Å². The van der Waals surface area contributed by atoms with Gasteiger partial charge in [0.25, 0.3) is 0 Å². The molecule has 5 rings (SSSR count). The summed E-state index contributed by atoms with van der Waals surface area (Å²) in [7, 11) is 0. The Kier molecular flexibility index (Phi) is 3.75. The van der Waals surface area contributed by atoms with Crippen LogP contribution in [-0.4, -0.2) is 47.9 Å². The van der Waals surface area contributed by atoms with Crippen molar-refractivity contribution in [2.45, 2.75) is 25.2 Å². The van der Waals surface area contributed by atoms with E-state index in [0.29, 0.717) is 18.3 Å². The highest BCUT2D eigenvalue weighted by molar-refractivity contribution is 5.75. The maximum Gasteiger partial charge on any atom is 0.230 e. The minimum Gasteiger partial charge on any atom is -0.381 e. The fourth-order valence-electron chi connectivity index (χ4n) is 3.37. The van der Waals surface area contributed by atoms with E-state index in [2.05, 4.69) is 19.9 Å². The van der Waals surface area contributed by atoms with Crippen molar-refractivity contribution in [3.63, 3.8) is 0 Å². The predicted octanol–water partition coefficient (Wildman–Crippen LogP) is 2.35. The predicted molar refractivity (Wildman–Crippen MR) is 95.2 cm³/mol. The number of aromatic nitrogens is 7. The normalized spacial score (nSPS) is 15.7. The first kappa shape index (κ1) is 15.3. The van der Waals surface area contributed by atoms with E-state index in [9.17, 15) is 0 Å². The van der Waals surface area contributed by atoms with Crippen LogP contribution in [0, 0.1) is 0 Å². The number of ether oxygens (including phenoxy) is 1. The van der Waals surface area contributed by atoms with Gasteiger partial charge in [-0.25, -0.2) is 15.0 Å². The van der Waals surface area contributed by atoms with Crippen molar-refractivity contribution in [3.05, 3.63) is 54.1 Å². The van der Waals surface area contributed by atoms with Crippen molar-refractivity contribution in [1.29, 1.82) is 0 Å². The molecule has 4 aromatic rings. The number of rotatable bonds is 4. The van der Waals surface area contributed by atoms with Crippen molar-refractivity contribution in [2.24, 2.45) is 0 Å². The maximum atomic E-state index is 5.47. The Balaban J connectivity index is 1.57. The molecule has 1 fully saturated rings. The van der Waals surface area contributed by atoms with Gasteiger partial charge in [-0.3, -0.25) is 0 Å². The molecule has 0 radical (unpaired) electrons. The molecule has 8 nitrogen and oxygen atoms in total. The zero-order valence-electron chi connectivity index (χ0n) is 14.2. The van der Waals surface area contributed by atoms with E-state index < -0.39 is 0 Å². The lowest BCUT2D eigenvalue weighted by molar-refractivity contribution is 0.0836. The van der Waals surface area contributed by atoms with Crippen LogP contribution >= 0.6 is 0 Å². The van der Waals surface area contributed by atoms with Gasteiger partial charge in [0.05, 0.1) is 17.4 Å². The average Bonchev–Trinajstić information content (AvgIpc) is 3.42. The van der Waals surface area contributed by atoms with Gasteiger partial charge >= 0.3 is 0 Å². The molecule has 0 bridgehead atoms. The Labute approximate surface area is 149 Å². The molecule has 0 amide bonds. The fraction of sp³-hybridized carbons (Fsp3) is 0.333.